The summed E-state index contributed by atoms with van der Waals surface area (Å²) < 4.78 is 4.85. The summed E-state index contributed by atoms with van der Waals surface area (Å²) in [6.07, 6.45) is -0.137. The van der Waals surface area contributed by atoms with Gasteiger partial charge in [0, 0.05) is 12.1 Å². The number of carboxylic acids is 1. The fourth-order valence-corrected chi connectivity index (χ4v) is 1.59. The molecule has 1 aromatic rings. The number of ether oxygens (including phenoxy) is 1. The van der Waals surface area contributed by atoms with Gasteiger partial charge in [0.05, 0.1) is 17.6 Å². The number of aliphatic carboxylic acids is 1. The molecule has 0 aliphatic heterocycles. The van der Waals surface area contributed by atoms with E-state index in [4.69, 9.17) is 9.84 Å². The van der Waals surface area contributed by atoms with Gasteiger partial charge in [-0.15, -0.1) is 0 Å². The number of anilines is 1. The number of nitrogens with one attached hydrogen (secondary N) is 1. The average molecular weight is 293 g/mol. The summed E-state index contributed by atoms with van der Waals surface area (Å²) in [5.41, 5.74) is -0.246. The zero-order valence-corrected chi connectivity index (χ0v) is 12.3. The van der Waals surface area contributed by atoms with Gasteiger partial charge in [0.2, 0.25) is 5.91 Å². The lowest BCUT2D eigenvalue weighted by atomic mass is 9.89. The maximum atomic E-state index is 11.8. The molecule has 21 heavy (non-hydrogen) atoms. The smallest absolute Gasteiger partial charge is 0.338 e. The molecule has 0 saturated carbocycles. The lowest BCUT2D eigenvalue weighted by Gasteiger charge is -2.18. The second-order valence-electron chi connectivity index (χ2n) is 5.21. The van der Waals surface area contributed by atoms with Gasteiger partial charge in [-0.3, -0.25) is 9.59 Å². The number of esters is 1. The van der Waals surface area contributed by atoms with E-state index in [-0.39, 0.29) is 6.42 Å². The van der Waals surface area contributed by atoms with Crippen molar-refractivity contribution in [2.45, 2.75) is 27.2 Å². The molecule has 1 rings (SSSR count). The maximum absolute atomic E-state index is 11.8. The average Bonchev–Trinajstić information content (AvgIpc) is 2.38. The van der Waals surface area contributed by atoms with Crippen LogP contribution in [0.15, 0.2) is 24.3 Å². The zero-order valence-electron chi connectivity index (χ0n) is 12.3. The number of benzene rings is 1. The van der Waals surface area contributed by atoms with E-state index in [0.717, 1.165) is 0 Å². The van der Waals surface area contributed by atoms with Gasteiger partial charge in [-0.2, -0.15) is 0 Å². The quantitative estimate of drug-likeness (QED) is 0.785. The summed E-state index contributed by atoms with van der Waals surface area (Å²) in [6, 6.07) is 6.21. The molecule has 0 radical (unpaired) electrons. The van der Waals surface area contributed by atoms with E-state index in [1.807, 2.05) is 0 Å². The first-order chi connectivity index (χ1) is 9.76. The molecule has 0 heterocycles. The number of hydrogen-bond acceptors (Lipinski definition) is 4. The second kappa shape index (κ2) is 6.88. The molecule has 2 N–H and O–H groups in total. The Morgan fingerprint density at radius 2 is 1.76 bits per heavy atom. The van der Waals surface area contributed by atoms with Crippen molar-refractivity contribution in [2.24, 2.45) is 5.41 Å². The van der Waals surface area contributed by atoms with Crippen LogP contribution in [0, 0.1) is 5.41 Å². The maximum Gasteiger partial charge on any atom is 0.338 e. The molecule has 6 nitrogen and oxygen atoms in total. The molecule has 0 aliphatic rings. The monoisotopic (exact) mass is 293 g/mol. The Labute approximate surface area is 123 Å². The van der Waals surface area contributed by atoms with Crippen LogP contribution in [0.2, 0.25) is 0 Å². The van der Waals surface area contributed by atoms with Crippen molar-refractivity contribution in [2.75, 3.05) is 11.9 Å². The van der Waals surface area contributed by atoms with E-state index >= 15 is 0 Å². The van der Waals surface area contributed by atoms with Gasteiger partial charge in [0.25, 0.3) is 0 Å². The lowest BCUT2D eigenvalue weighted by molar-refractivity contribution is -0.148. The highest BCUT2D eigenvalue weighted by molar-refractivity contribution is 5.95. The van der Waals surface area contributed by atoms with Crippen molar-refractivity contribution in [1.29, 1.82) is 0 Å². The number of amides is 1. The summed E-state index contributed by atoms with van der Waals surface area (Å²) >= 11 is 0. The van der Waals surface area contributed by atoms with Crippen molar-refractivity contribution >= 4 is 23.5 Å². The Morgan fingerprint density at radius 1 is 1.19 bits per heavy atom. The highest BCUT2D eigenvalue weighted by atomic mass is 16.5. The van der Waals surface area contributed by atoms with E-state index in [2.05, 4.69) is 5.32 Å². The minimum absolute atomic E-state index is 0.137. The molecule has 1 amide bonds. The number of carboxylic acid groups (broad SMARTS) is 1. The van der Waals surface area contributed by atoms with Crippen LogP contribution in [-0.4, -0.2) is 29.6 Å². The van der Waals surface area contributed by atoms with Crippen LogP contribution in [0.5, 0.6) is 0 Å². The van der Waals surface area contributed by atoms with E-state index in [1.54, 1.807) is 19.1 Å². The summed E-state index contributed by atoms with van der Waals surface area (Å²) in [5.74, 6) is -1.86. The Morgan fingerprint density at radius 3 is 2.24 bits per heavy atom. The molecule has 6 heteroatoms. The van der Waals surface area contributed by atoms with Crippen molar-refractivity contribution in [3.8, 4) is 0 Å². The van der Waals surface area contributed by atoms with Crippen molar-refractivity contribution in [3.05, 3.63) is 29.8 Å². The Balaban J connectivity index is 2.66. The highest BCUT2D eigenvalue weighted by Crippen LogP contribution is 2.21. The first-order valence-electron chi connectivity index (χ1n) is 6.56. The van der Waals surface area contributed by atoms with Gasteiger partial charge in [0.1, 0.15) is 0 Å². The molecule has 0 bridgehead atoms. The molecule has 1 aromatic carbocycles. The second-order valence-corrected chi connectivity index (χ2v) is 5.21. The molecule has 0 aromatic heterocycles. The van der Waals surface area contributed by atoms with Crippen LogP contribution in [0.3, 0.4) is 0 Å². The molecule has 0 unspecified atom stereocenters. The van der Waals surface area contributed by atoms with Crippen molar-refractivity contribution in [1.82, 2.24) is 0 Å². The van der Waals surface area contributed by atoms with Gasteiger partial charge >= 0.3 is 11.9 Å². The van der Waals surface area contributed by atoms with Gasteiger partial charge in [-0.1, -0.05) is 0 Å². The van der Waals surface area contributed by atoms with Crippen LogP contribution in [0.1, 0.15) is 37.6 Å². The highest BCUT2D eigenvalue weighted by Gasteiger charge is 2.30. The predicted octanol–water partition coefficient (Wildman–Crippen LogP) is 2.30. The summed E-state index contributed by atoms with van der Waals surface area (Å²) in [4.78, 5) is 34.2. The van der Waals surface area contributed by atoms with Gasteiger partial charge < -0.3 is 15.2 Å². The summed E-state index contributed by atoms with van der Waals surface area (Å²) in [5, 5.41) is 11.6. The van der Waals surface area contributed by atoms with Crippen LogP contribution >= 0.6 is 0 Å². The van der Waals surface area contributed by atoms with E-state index < -0.39 is 23.3 Å². The summed E-state index contributed by atoms with van der Waals surface area (Å²) in [7, 11) is 0. The van der Waals surface area contributed by atoms with Gasteiger partial charge in [0.15, 0.2) is 0 Å². The number of hydrogen-bond donors (Lipinski definition) is 2. The fourth-order valence-electron chi connectivity index (χ4n) is 1.59. The number of carbonyl (C=O) groups excluding carboxylic acids is 2. The standard InChI is InChI=1S/C15H19NO5/c1-4-21-13(18)10-5-7-11(8-6-10)16-12(17)9-15(2,3)14(19)20/h5-8H,4,9H2,1-3H3,(H,16,17)(H,19,20). The van der Waals surface area contributed by atoms with Gasteiger partial charge in [-0.05, 0) is 45.0 Å². The van der Waals surface area contributed by atoms with Crippen molar-refractivity contribution < 1.29 is 24.2 Å². The lowest BCUT2D eigenvalue weighted by Crippen LogP contribution is -2.29. The molecule has 114 valence electrons. The molecular weight excluding hydrogens is 274 g/mol. The third kappa shape index (κ3) is 4.91. The molecule has 0 aliphatic carbocycles. The Kier molecular flexibility index (Phi) is 5.46. The normalized spacial score (nSPS) is 10.8. The van der Waals surface area contributed by atoms with E-state index in [0.29, 0.717) is 17.9 Å². The van der Waals surface area contributed by atoms with Crippen LogP contribution < -0.4 is 5.32 Å². The number of rotatable bonds is 6. The topological polar surface area (TPSA) is 92.7 Å². The van der Waals surface area contributed by atoms with E-state index in [9.17, 15) is 14.4 Å². The first kappa shape index (κ1) is 16.7. The Bertz CT molecular complexity index is 533. The number of carbonyl (C=O) groups is 3. The van der Waals surface area contributed by atoms with Crippen LogP contribution in [0.4, 0.5) is 5.69 Å². The molecule has 0 spiro atoms. The predicted molar refractivity (Wildman–Crippen MR) is 77.1 cm³/mol. The van der Waals surface area contributed by atoms with Crippen LogP contribution in [-0.2, 0) is 14.3 Å². The first-order valence-corrected chi connectivity index (χ1v) is 6.56. The third-order valence-corrected chi connectivity index (χ3v) is 2.86. The zero-order chi connectivity index (χ0) is 16.0. The Hall–Kier alpha value is -2.37. The van der Waals surface area contributed by atoms with E-state index in [1.165, 1.54) is 26.0 Å². The fraction of sp³-hybridized carbons (Fsp3) is 0.400. The molecule has 0 fully saturated rings. The third-order valence-electron chi connectivity index (χ3n) is 2.86. The van der Waals surface area contributed by atoms with Crippen LogP contribution in [0.25, 0.3) is 0 Å². The summed E-state index contributed by atoms with van der Waals surface area (Å²) in [6.45, 7) is 4.98. The van der Waals surface area contributed by atoms with Crippen molar-refractivity contribution in [3.63, 3.8) is 0 Å². The SMILES string of the molecule is CCOC(=O)c1ccc(NC(=O)CC(C)(C)C(=O)O)cc1. The minimum atomic E-state index is -1.13. The molecule has 0 atom stereocenters. The van der Waals surface area contributed by atoms with Gasteiger partial charge in [-0.25, -0.2) is 4.79 Å². The largest absolute Gasteiger partial charge is 0.481 e. The molecular formula is C15H19NO5. The molecule has 0 saturated heterocycles. The minimum Gasteiger partial charge on any atom is -0.481 e.